The summed E-state index contributed by atoms with van der Waals surface area (Å²) in [5, 5.41) is 13.2. The van der Waals surface area contributed by atoms with Gasteiger partial charge in [0.1, 0.15) is 0 Å². The quantitative estimate of drug-likeness (QED) is 0.800. The van der Waals surface area contributed by atoms with E-state index in [1.54, 1.807) is 25.1 Å². The van der Waals surface area contributed by atoms with Gasteiger partial charge < -0.3 is 10.5 Å². The monoisotopic (exact) mass is 230 g/mol. The van der Waals surface area contributed by atoms with Gasteiger partial charge in [0.15, 0.2) is 5.82 Å². The van der Waals surface area contributed by atoms with Crippen molar-refractivity contribution in [3.63, 3.8) is 0 Å². The molecule has 2 N–H and O–H groups in total. The predicted octanol–water partition coefficient (Wildman–Crippen LogP) is 1.49. The highest BCUT2D eigenvalue weighted by atomic mass is 16.5. The third-order valence-corrected chi connectivity index (χ3v) is 2.28. The minimum absolute atomic E-state index is 0.199. The Morgan fingerprint density at radius 3 is 3.06 bits per heavy atom. The van der Waals surface area contributed by atoms with Crippen LogP contribution >= 0.6 is 0 Å². The largest absolute Gasteiger partial charge is 0.448 e. The first-order valence-electron chi connectivity index (χ1n) is 5.03. The van der Waals surface area contributed by atoms with E-state index in [-0.39, 0.29) is 12.4 Å². The summed E-state index contributed by atoms with van der Waals surface area (Å²) in [6, 6.07) is 6.81. The molecule has 6 nitrogen and oxygen atoms in total. The van der Waals surface area contributed by atoms with E-state index in [0.29, 0.717) is 16.5 Å². The number of nitrogens with zero attached hydrogens (tertiary/aromatic N) is 3. The molecule has 2 rings (SSSR count). The standard InChI is InChI=1S/C11H10N4O2/c1-2-17-11(16)15-9-4-3-7(6-12)5-8(9)10(13)14-15/h3-5H,2H2,1H3,(H2,13,14). The molecule has 0 saturated carbocycles. The van der Waals surface area contributed by atoms with Gasteiger partial charge in [0, 0.05) is 5.39 Å². The van der Waals surface area contributed by atoms with Gasteiger partial charge in [0.05, 0.1) is 23.8 Å². The first kappa shape index (κ1) is 11.0. The van der Waals surface area contributed by atoms with E-state index in [9.17, 15) is 4.79 Å². The van der Waals surface area contributed by atoms with Gasteiger partial charge in [-0.25, -0.2) is 4.79 Å². The maximum Gasteiger partial charge on any atom is 0.435 e. The zero-order valence-electron chi connectivity index (χ0n) is 9.17. The lowest BCUT2D eigenvalue weighted by molar-refractivity contribution is 0.151. The Labute approximate surface area is 97.2 Å². The molecule has 17 heavy (non-hydrogen) atoms. The van der Waals surface area contributed by atoms with Crippen LogP contribution in [0.1, 0.15) is 12.5 Å². The molecule has 0 atom stereocenters. The van der Waals surface area contributed by atoms with Crippen molar-refractivity contribution in [2.24, 2.45) is 0 Å². The maximum absolute atomic E-state index is 11.6. The van der Waals surface area contributed by atoms with Crippen LogP contribution in [0.15, 0.2) is 18.2 Å². The first-order chi connectivity index (χ1) is 8.17. The van der Waals surface area contributed by atoms with E-state index in [4.69, 9.17) is 15.7 Å². The minimum Gasteiger partial charge on any atom is -0.448 e. The molecule has 2 aromatic rings. The number of fused-ring (bicyclic) bond motifs is 1. The van der Waals surface area contributed by atoms with Crippen LogP contribution in [0.25, 0.3) is 10.9 Å². The molecule has 86 valence electrons. The molecule has 1 aromatic heterocycles. The molecule has 0 fully saturated rings. The summed E-state index contributed by atoms with van der Waals surface area (Å²) in [4.78, 5) is 11.6. The van der Waals surface area contributed by atoms with Gasteiger partial charge >= 0.3 is 6.09 Å². The number of carbonyl (C=O) groups excluding carboxylic acids is 1. The second kappa shape index (κ2) is 4.14. The fourth-order valence-electron chi connectivity index (χ4n) is 1.53. The Morgan fingerprint density at radius 2 is 2.41 bits per heavy atom. The Kier molecular flexibility index (Phi) is 2.66. The van der Waals surface area contributed by atoms with Crippen molar-refractivity contribution in [2.75, 3.05) is 12.3 Å². The fourth-order valence-corrected chi connectivity index (χ4v) is 1.53. The van der Waals surface area contributed by atoms with Gasteiger partial charge in [-0.2, -0.15) is 9.94 Å². The molecule has 0 aliphatic carbocycles. The molecule has 1 aromatic carbocycles. The number of nitrogen functional groups attached to an aromatic ring is 1. The van der Waals surface area contributed by atoms with E-state index in [2.05, 4.69) is 5.10 Å². The summed E-state index contributed by atoms with van der Waals surface area (Å²) in [5.74, 6) is 0.199. The highest BCUT2D eigenvalue weighted by Crippen LogP contribution is 2.21. The number of benzene rings is 1. The SMILES string of the molecule is CCOC(=O)n1nc(N)c2cc(C#N)ccc21. The van der Waals surface area contributed by atoms with Crippen LogP contribution in [0, 0.1) is 11.3 Å². The molecular formula is C11H10N4O2. The fraction of sp³-hybridized carbons (Fsp3) is 0.182. The second-order valence-corrected chi connectivity index (χ2v) is 3.34. The highest BCUT2D eigenvalue weighted by molar-refractivity contribution is 5.95. The summed E-state index contributed by atoms with van der Waals surface area (Å²) in [6.07, 6.45) is -0.584. The molecule has 0 spiro atoms. The van der Waals surface area contributed by atoms with Crippen LogP contribution in [0.5, 0.6) is 0 Å². The third kappa shape index (κ3) is 1.78. The predicted molar refractivity (Wildman–Crippen MR) is 61.3 cm³/mol. The number of hydrogen-bond acceptors (Lipinski definition) is 5. The van der Waals surface area contributed by atoms with Crippen LogP contribution in [-0.4, -0.2) is 22.5 Å². The number of nitrogens with two attached hydrogens (primary N) is 1. The Balaban J connectivity index is 2.61. The molecule has 0 bridgehead atoms. The van der Waals surface area contributed by atoms with Crippen LogP contribution in [0.3, 0.4) is 0 Å². The molecule has 6 heteroatoms. The second-order valence-electron chi connectivity index (χ2n) is 3.34. The Bertz CT molecular complexity index is 624. The average molecular weight is 230 g/mol. The zero-order chi connectivity index (χ0) is 12.4. The van der Waals surface area contributed by atoms with Crippen molar-refractivity contribution < 1.29 is 9.53 Å². The number of carbonyl (C=O) groups is 1. The number of hydrogen-bond donors (Lipinski definition) is 1. The van der Waals surface area contributed by atoms with Gasteiger partial charge in [-0.05, 0) is 25.1 Å². The van der Waals surface area contributed by atoms with E-state index < -0.39 is 6.09 Å². The van der Waals surface area contributed by atoms with Crippen LogP contribution in [0.4, 0.5) is 10.6 Å². The van der Waals surface area contributed by atoms with Crippen molar-refractivity contribution in [1.82, 2.24) is 9.78 Å². The van der Waals surface area contributed by atoms with E-state index in [0.717, 1.165) is 4.68 Å². The van der Waals surface area contributed by atoms with E-state index in [1.807, 2.05) is 6.07 Å². The van der Waals surface area contributed by atoms with Gasteiger partial charge in [-0.15, -0.1) is 5.10 Å². The summed E-state index contributed by atoms with van der Waals surface area (Å²) in [5.41, 5.74) is 6.68. The average Bonchev–Trinajstić information content (AvgIpc) is 2.67. The topological polar surface area (TPSA) is 93.9 Å². The lowest BCUT2D eigenvalue weighted by Crippen LogP contribution is -2.15. The van der Waals surface area contributed by atoms with Gasteiger partial charge in [0.2, 0.25) is 0 Å². The van der Waals surface area contributed by atoms with Crippen molar-refractivity contribution in [1.29, 1.82) is 5.26 Å². The third-order valence-electron chi connectivity index (χ3n) is 2.28. The van der Waals surface area contributed by atoms with Crippen molar-refractivity contribution in [2.45, 2.75) is 6.92 Å². The molecule has 0 radical (unpaired) electrons. The van der Waals surface area contributed by atoms with Crippen LogP contribution in [0.2, 0.25) is 0 Å². The summed E-state index contributed by atoms with van der Waals surface area (Å²) in [7, 11) is 0. The number of anilines is 1. The zero-order valence-corrected chi connectivity index (χ0v) is 9.17. The van der Waals surface area contributed by atoms with E-state index in [1.165, 1.54) is 0 Å². The molecule has 0 amide bonds. The number of aromatic nitrogens is 2. The lowest BCUT2D eigenvalue weighted by atomic mass is 10.2. The summed E-state index contributed by atoms with van der Waals surface area (Å²) < 4.78 is 5.94. The molecule has 0 saturated heterocycles. The van der Waals surface area contributed by atoms with Crippen molar-refractivity contribution >= 4 is 22.8 Å². The summed E-state index contributed by atoms with van der Waals surface area (Å²) in [6.45, 7) is 1.97. The molecule has 0 unspecified atom stereocenters. The Hall–Kier alpha value is -2.55. The van der Waals surface area contributed by atoms with Gasteiger partial charge in [0.25, 0.3) is 0 Å². The lowest BCUT2D eigenvalue weighted by Gasteiger charge is -2.01. The van der Waals surface area contributed by atoms with Crippen LogP contribution in [-0.2, 0) is 4.74 Å². The smallest absolute Gasteiger partial charge is 0.435 e. The van der Waals surface area contributed by atoms with Gasteiger partial charge in [-0.1, -0.05) is 0 Å². The number of nitriles is 1. The van der Waals surface area contributed by atoms with E-state index >= 15 is 0 Å². The number of rotatable bonds is 1. The molecular weight excluding hydrogens is 220 g/mol. The highest BCUT2D eigenvalue weighted by Gasteiger charge is 2.14. The molecule has 0 aliphatic rings. The minimum atomic E-state index is -0.584. The normalized spacial score (nSPS) is 10.1. The van der Waals surface area contributed by atoms with Crippen molar-refractivity contribution in [3.8, 4) is 6.07 Å². The molecule has 1 heterocycles. The first-order valence-corrected chi connectivity index (χ1v) is 5.03. The Morgan fingerprint density at radius 1 is 1.65 bits per heavy atom. The summed E-state index contributed by atoms with van der Waals surface area (Å²) >= 11 is 0. The maximum atomic E-state index is 11.6. The van der Waals surface area contributed by atoms with Gasteiger partial charge in [-0.3, -0.25) is 0 Å². The van der Waals surface area contributed by atoms with Crippen molar-refractivity contribution in [3.05, 3.63) is 23.8 Å². The molecule has 0 aliphatic heterocycles. The van der Waals surface area contributed by atoms with Crippen LogP contribution < -0.4 is 5.73 Å². The number of ether oxygens (including phenoxy) is 1.